The van der Waals surface area contributed by atoms with Crippen molar-refractivity contribution in [1.82, 2.24) is 10.2 Å². The van der Waals surface area contributed by atoms with E-state index in [0.717, 1.165) is 11.3 Å². The summed E-state index contributed by atoms with van der Waals surface area (Å²) in [5.74, 6) is -0.187. The van der Waals surface area contributed by atoms with Crippen molar-refractivity contribution in [3.63, 3.8) is 0 Å². The van der Waals surface area contributed by atoms with Crippen LogP contribution in [-0.2, 0) is 4.74 Å². The average molecular weight is 319 g/mol. The highest BCUT2D eigenvalue weighted by Crippen LogP contribution is 2.35. The molecule has 0 spiro atoms. The van der Waals surface area contributed by atoms with E-state index in [9.17, 15) is 4.79 Å². The van der Waals surface area contributed by atoms with E-state index in [1.54, 1.807) is 25.1 Å². The first-order valence-electron chi connectivity index (χ1n) is 5.24. The highest BCUT2D eigenvalue weighted by atomic mass is 35.5. The molecule has 2 rings (SSSR count). The van der Waals surface area contributed by atoms with E-state index in [4.69, 9.17) is 32.7 Å². The second-order valence-corrected chi connectivity index (χ2v) is 4.97. The summed E-state index contributed by atoms with van der Waals surface area (Å²) < 4.78 is 10.2. The van der Waals surface area contributed by atoms with Crippen LogP contribution in [0.2, 0.25) is 10.0 Å². The van der Waals surface area contributed by atoms with Gasteiger partial charge in [-0.2, -0.15) is 0 Å². The summed E-state index contributed by atoms with van der Waals surface area (Å²) >= 11 is 12.8. The van der Waals surface area contributed by atoms with Gasteiger partial charge in [0.1, 0.15) is 5.02 Å². The number of nitrogens with zero attached hydrogens (tertiary/aromatic N) is 2. The summed E-state index contributed by atoms with van der Waals surface area (Å²) in [5.41, 5.74) is 0. The van der Waals surface area contributed by atoms with Crippen molar-refractivity contribution in [3.8, 4) is 10.9 Å². The molecule has 0 radical (unpaired) electrons. The lowest BCUT2D eigenvalue weighted by Gasteiger charge is -2.04. The monoisotopic (exact) mass is 318 g/mol. The van der Waals surface area contributed by atoms with Crippen LogP contribution in [0.5, 0.6) is 10.9 Å². The minimum Gasteiger partial charge on any atom is -0.461 e. The fourth-order valence-corrected chi connectivity index (χ4v) is 2.12. The lowest BCUT2D eigenvalue weighted by Crippen LogP contribution is -2.03. The Labute approximate surface area is 123 Å². The molecule has 0 aliphatic rings. The van der Waals surface area contributed by atoms with Gasteiger partial charge in [-0.1, -0.05) is 34.4 Å². The minimum absolute atomic E-state index is 0.120. The SMILES string of the molecule is CCOC(=O)c1nnc(Oc2cccc(Cl)c2Cl)s1. The van der Waals surface area contributed by atoms with Crippen LogP contribution in [0.15, 0.2) is 18.2 Å². The molecule has 1 heterocycles. The zero-order valence-electron chi connectivity index (χ0n) is 9.72. The molecule has 1 aromatic heterocycles. The second-order valence-electron chi connectivity index (χ2n) is 3.25. The van der Waals surface area contributed by atoms with Gasteiger partial charge in [0.2, 0.25) is 5.01 Å². The first-order chi connectivity index (χ1) is 9.11. The van der Waals surface area contributed by atoms with Gasteiger partial charge in [0.05, 0.1) is 11.6 Å². The molecule has 0 saturated carbocycles. The number of hydrogen-bond donors (Lipinski definition) is 0. The molecule has 0 fully saturated rings. The van der Waals surface area contributed by atoms with Crippen LogP contribution in [0.3, 0.4) is 0 Å². The molecule has 0 unspecified atom stereocenters. The normalized spacial score (nSPS) is 10.3. The topological polar surface area (TPSA) is 61.3 Å². The fraction of sp³-hybridized carbons (Fsp3) is 0.182. The number of aromatic nitrogens is 2. The zero-order valence-corrected chi connectivity index (χ0v) is 12.1. The molecule has 0 amide bonds. The summed E-state index contributed by atoms with van der Waals surface area (Å²) in [7, 11) is 0. The Morgan fingerprint density at radius 1 is 1.37 bits per heavy atom. The van der Waals surface area contributed by atoms with Crippen molar-refractivity contribution in [2.45, 2.75) is 6.92 Å². The molecule has 5 nitrogen and oxygen atoms in total. The van der Waals surface area contributed by atoms with Crippen LogP contribution in [0.4, 0.5) is 0 Å². The Morgan fingerprint density at radius 3 is 2.89 bits per heavy atom. The summed E-state index contributed by atoms with van der Waals surface area (Å²) in [6, 6.07) is 4.97. The van der Waals surface area contributed by atoms with E-state index in [1.165, 1.54) is 0 Å². The largest absolute Gasteiger partial charge is 0.461 e. The van der Waals surface area contributed by atoms with E-state index in [-0.39, 0.29) is 21.8 Å². The molecule has 100 valence electrons. The maximum Gasteiger partial charge on any atom is 0.369 e. The Kier molecular flexibility index (Phi) is 4.57. The molecule has 0 saturated heterocycles. The van der Waals surface area contributed by atoms with Gasteiger partial charge in [-0.05, 0) is 30.4 Å². The zero-order chi connectivity index (χ0) is 13.8. The molecule has 0 atom stereocenters. The van der Waals surface area contributed by atoms with Crippen molar-refractivity contribution >= 4 is 40.5 Å². The molecular formula is C11H8Cl2N2O3S. The number of esters is 1. The maximum atomic E-state index is 11.4. The summed E-state index contributed by atoms with van der Waals surface area (Å²) in [5, 5.41) is 8.36. The first-order valence-corrected chi connectivity index (χ1v) is 6.81. The Morgan fingerprint density at radius 2 is 2.16 bits per heavy atom. The second kappa shape index (κ2) is 6.18. The predicted octanol–water partition coefficient (Wildman–Crippen LogP) is 3.81. The number of ether oxygens (including phenoxy) is 2. The summed E-state index contributed by atoms with van der Waals surface area (Å²) in [6.07, 6.45) is 0. The number of carbonyl (C=O) groups excluding carboxylic acids is 1. The van der Waals surface area contributed by atoms with Gasteiger partial charge in [-0.3, -0.25) is 0 Å². The first kappa shape index (κ1) is 14.0. The van der Waals surface area contributed by atoms with Gasteiger partial charge in [-0.15, -0.1) is 5.10 Å². The molecule has 1 aromatic carbocycles. The lowest BCUT2D eigenvalue weighted by molar-refractivity contribution is 0.0525. The molecule has 0 bridgehead atoms. The van der Waals surface area contributed by atoms with Crippen molar-refractivity contribution in [2.75, 3.05) is 6.61 Å². The third-order valence-electron chi connectivity index (χ3n) is 1.97. The minimum atomic E-state index is -0.535. The number of rotatable bonds is 4. The highest BCUT2D eigenvalue weighted by molar-refractivity contribution is 7.14. The standard InChI is InChI=1S/C11H8Cl2N2O3S/c1-2-17-10(16)9-14-15-11(19-9)18-7-5-3-4-6(12)8(7)13/h3-5H,2H2,1H3. The molecule has 19 heavy (non-hydrogen) atoms. The van der Waals surface area contributed by atoms with Crippen molar-refractivity contribution in [2.24, 2.45) is 0 Å². The van der Waals surface area contributed by atoms with Crippen molar-refractivity contribution in [3.05, 3.63) is 33.3 Å². The third-order valence-corrected chi connectivity index (χ3v) is 3.55. The Balaban J connectivity index is 2.16. The Hall–Kier alpha value is -1.37. The van der Waals surface area contributed by atoms with Crippen LogP contribution in [0.25, 0.3) is 0 Å². The van der Waals surface area contributed by atoms with Crippen LogP contribution in [-0.4, -0.2) is 22.8 Å². The molecular weight excluding hydrogens is 311 g/mol. The maximum absolute atomic E-state index is 11.4. The number of hydrogen-bond acceptors (Lipinski definition) is 6. The molecule has 0 aliphatic carbocycles. The lowest BCUT2D eigenvalue weighted by atomic mass is 10.3. The predicted molar refractivity (Wildman–Crippen MR) is 72.4 cm³/mol. The van der Waals surface area contributed by atoms with E-state index in [0.29, 0.717) is 10.8 Å². The van der Waals surface area contributed by atoms with Crippen LogP contribution < -0.4 is 4.74 Å². The van der Waals surface area contributed by atoms with Crippen molar-refractivity contribution < 1.29 is 14.3 Å². The molecule has 0 N–H and O–H groups in total. The van der Waals surface area contributed by atoms with Gasteiger partial charge in [-0.25, -0.2) is 4.79 Å². The number of halogens is 2. The van der Waals surface area contributed by atoms with Gasteiger partial charge >= 0.3 is 5.97 Å². The Bertz CT molecular complexity index is 603. The smallest absolute Gasteiger partial charge is 0.369 e. The highest BCUT2D eigenvalue weighted by Gasteiger charge is 2.16. The van der Waals surface area contributed by atoms with E-state index in [2.05, 4.69) is 10.2 Å². The van der Waals surface area contributed by atoms with Gasteiger partial charge in [0.25, 0.3) is 5.19 Å². The van der Waals surface area contributed by atoms with Crippen LogP contribution in [0.1, 0.15) is 16.7 Å². The third kappa shape index (κ3) is 3.34. The van der Waals surface area contributed by atoms with Gasteiger partial charge in [0.15, 0.2) is 5.75 Å². The molecule has 8 heteroatoms. The van der Waals surface area contributed by atoms with Crippen LogP contribution >= 0.6 is 34.5 Å². The quantitative estimate of drug-likeness (QED) is 0.802. The number of carbonyl (C=O) groups is 1. The van der Waals surface area contributed by atoms with E-state index >= 15 is 0 Å². The van der Waals surface area contributed by atoms with Gasteiger partial charge < -0.3 is 9.47 Å². The molecule has 2 aromatic rings. The fourth-order valence-electron chi connectivity index (χ4n) is 1.18. The number of benzene rings is 1. The van der Waals surface area contributed by atoms with E-state index < -0.39 is 5.97 Å². The van der Waals surface area contributed by atoms with Crippen molar-refractivity contribution in [1.29, 1.82) is 0 Å². The van der Waals surface area contributed by atoms with E-state index in [1.807, 2.05) is 0 Å². The average Bonchev–Trinajstić information content (AvgIpc) is 2.84. The summed E-state index contributed by atoms with van der Waals surface area (Å²) in [6.45, 7) is 1.98. The van der Waals surface area contributed by atoms with Gasteiger partial charge in [0, 0.05) is 0 Å². The molecule has 0 aliphatic heterocycles. The summed E-state index contributed by atoms with van der Waals surface area (Å²) in [4.78, 5) is 11.4. The van der Waals surface area contributed by atoms with Crippen LogP contribution in [0, 0.1) is 0 Å².